The summed E-state index contributed by atoms with van der Waals surface area (Å²) in [5, 5.41) is 3.05. The van der Waals surface area contributed by atoms with Gasteiger partial charge >= 0.3 is 0 Å². The third-order valence-corrected chi connectivity index (χ3v) is 2.10. The van der Waals surface area contributed by atoms with Gasteiger partial charge in [-0.15, -0.1) is 0 Å². The summed E-state index contributed by atoms with van der Waals surface area (Å²) in [6, 6.07) is 8.08. The molecule has 14 heavy (non-hydrogen) atoms. The van der Waals surface area contributed by atoms with E-state index >= 15 is 0 Å². The quantitative estimate of drug-likeness (QED) is 0.773. The van der Waals surface area contributed by atoms with E-state index in [-0.39, 0.29) is 0 Å². The van der Waals surface area contributed by atoms with Crippen molar-refractivity contribution >= 4 is 0 Å². The number of furan rings is 1. The summed E-state index contributed by atoms with van der Waals surface area (Å²) in [5.74, 6) is 1.98. The highest BCUT2D eigenvalue weighted by Crippen LogP contribution is 2.11. The van der Waals surface area contributed by atoms with Crippen molar-refractivity contribution in [3.63, 3.8) is 0 Å². The van der Waals surface area contributed by atoms with Gasteiger partial charge in [-0.3, -0.25) is 0 Å². The van der Waals surface area contributed by atoms with Crippen molar-refractivity contribution in [1.29, 1.82) is 0 Å². The van der Waals surface area contributed by atoms with E-state index in [9.17, 15) is 0 Å². The zero-order valence-electron chi connectivity index (χ0n) is 8.21. The van der Waals surface area contributed by atoms with Crippen molar-refractivity contribution in [2.24, 2.45) is 0 Å². The summed E-state index contributed by atoms with van der Waals surface area (Å²) in [6.07, 6.45) is 2.75. The van der Waals surface area contributed by atoms with E-state index in [0.717, 1.165) is 24.5 Å². The number of rotatable bonds is 4. The van der Waals surface area contributed by atoms with Crippen LogP contribution in [0.3, 0.4) is 0 Å². The summed E-state index contributed by atoms with van der Waals surface area (Å²) in [7, 11) is 1.91. The Kier molecular flexibility index (Phi) is 2.70. The zero-order chi connectivity index (χ0) is 9.80. The lowest BCUT2D eigenvalue weighted by Gasteiger charge is -1.95. The van der Waals surface area contributed by atoms with Gasteiger partial charge in [-0.25, -0.2) is 0 Å². The van der Waals surface area contributed by atoms with E-state index in [0.29, 0.717) is 0 Å². The van der Waals surface area contributed by atoms with E-state index in [2.05, 4.69) is 16.4 Å². The van der Waals surface area contributed by atoms with Crippen LogP contribution in [0.25, 0.3) is 0 Å². The summed E-state index contributed by atoms with van der Waals surface area (Å²) in [4.78, 5) is 3.15. The predicted octanol–water partition coefficient (Wildman–Crippen LogP) is 1.92. The molecule has 0 fully saturated rings. The fraction of sp³-hybridized carbons (Fsp3) is 0.273. The second-order valence-corrected chi connectivity index (χ2v) is 3.27. The van der Waals surface area contributed by atoms with Crippen LogP contribution < -0.4 is 5.32 Å². The molecule has 2 heterocycles. The number of hydrogen-bond acceptors (Lipinski definition) is 2. The second kappa shape index (κ2) is 4.15. The molecular weight excluding hydrogens is 176 g/mol. The Balaban J connectivity index is 2.03. The first-order valence-corrected chi connectivity index (χ1v) is 4.73. The third kappa shape index (κ3) is 2.06. The van der Waals surface area contributed by atoms with Gasteiger partial charge in [-0.05, 0) is 31.3 Å². The Labute approximate surface area is 83.1 Å². The minimum Gasteiger partial charge on any atom is -0.464 e. The first kappa shape index (κ1) is 9.09. The monoisotopic (exact) mass is 190 g/mol. The molecule has 0 radical (unpaired) electrons. The lowest BCUT2D eigenvalue weighted by atomic mass is 10.2. The molecule has 0 aromatic carbocycles. The van der Waals surface area contributed by atoms with Gasteiger partial charge in [0.2, 0.25) is 0 Å². The Morgan fingerprint density at radius 2 is 2.14 bits per heavy atom. The molecule has 0 aliphatic rings. The molecule has 0 amide bonds. The Morgan fingerprint density at radius 3 is 2.86 bits per heavy atom. The van der Waals surface area contributed by atoms with Crippen LogP contribution in [0.4, 0.5) is 0 Å². The normalized spacial score (nSPS) is 10.6. The van der Waals surface area contributed by atoms with Crippen LogP contribution in [-0.4, -0.2) is 12.0 Å². The van der Waals surface area contributed by atoms with Gasteiger partial charge in [-0.2, -0.15) is 0 Å². The Morgan fingerprint density at radius 1 is 1.29 bits per heavy atom. The first-order valence-electron chi connectivity index (χ1n) is 4.73. The second-order valence-electron chi connectivity index (χ2n) is 3.27. The smallest absolute Gasteiger partial charge is 0.117 e. The van der Waals surface area contributed by atoms with Crippen molar-refractivity contribution in [1.82, 2.24) is 10.3 Å². The molecule has 0 unspecified atom stereocenters. The van der Waals surface area contributed by atoms with Crippen LogP contribution in [0.2, 0.25) is 0 Å². The van der Waals surface area contributed by atoms with Gasteiger partial charge in [0.1, 0.15) is 11.5 Å². The molecule has 2 aromatic rings. The molecule has 2 rings (SSSR count). The highest BCUT2D eigenvalue weighted by Gasteiger charge is 2.02. The maximum absolute atomic E-state index is 5.61. The minimum absolute atomic E-state index is 0.782. The Bertz CT molecular complexity index is 376. The zero-order valence-corrected chi connectivity index (χ0v) is 8.21. The number of H-pyrrole nitrogens is 1. The van der Waals surface area contributed by atoms with E-state index in [1.54, 1.807) is 0 Å². The van der Waals surface area contributed by atoms with E-state index in [4.69, 9.17) is 4.42 Å². The van der Waals surface area contributed by atoms with Crippen molar-refractivity contribution in [3.8, 4) is 0 Å². The van der Waals surface area contributed by atoms with Gasteiger partial charge in [-0.1, -0.05) is 0 Å². The summed E-state index contributed by atoms with van der Waals surface area (Å²) in [5.41, 5.74) is 1.18. The molecule has 0 atom stereocenters. The van der Waals surface area contributed by atoms with Crippen LogP contribution in [0, 0.1) is 0 Å². The summed E-state index contributed by atoms with van der Waals surface area (Å²) >= 11 is 0. The molecule has 2 aromatic heterocycles. The standard InChI is InChI=1S/C11H14N2O/c1-12-8-11-5-4-10(14-11)7-9-3-2-6-13-9/h2-6,12-13H,7-8H2,1H3. The molecular formula is C11H14N2O. The van der Waals surface area contributed by atoms with Crippen LogP contribution in [0.5, 0.6) is 0 Å². The lowest BCUT2D eigenvalue weighted by molar-refractivity contribution is 0.461. The minimum atomic E-state index is 0.782. The van der Waals surface area contributed by atoms with Crippen LogP contribution in [0.15, 0.2) is 34.9 Å². The van der Waals surface area contributed by atoms with Gasteiger partial charge in [0.05, 0.1) is 6.54 Å². The lowest BCUT2D eigenvalue weighted by Crippen LogP contribution is -2.03. The number of aromatic nitrogens is 1. The molecule has 2 N–H and O–H groups in total. The van der Waals surface area contributed by atoms with Gasteiger partial charge in [0, 0.05) is 18.3 Å². The fourth-order valence-electron chi connectivity index (χ4n) is 1.45. The number of hydrogen-bond donors (Lipinski definition) is 2. The van der Waals surface area contributed by atoms with E-state index < -0.39 is 0 Å². The van der Waals surface area contributed by atoms with Gasteiger partial charge < -0.3 is 14.7 Å². The van der Waals surface area contributed by atoms with Gasteiger partial charge in [0.25, 0.3) is 0 Å². The van der Waals surface area contributed by atoms with Crippen LogP contribution >= 0.6 is 0 Å². The first-order chi connectivity index (χ1) is 6.88. The molecule has 3 nitrogen and oxygen atoms in total. The predicted molar refractivity (Wildman–Crippen MR) is 55.1 cm³/mol. The SMILES string of the molecule is CNCc1ccc(Cc2ccc[nH]2)o1. The summed E-state index contributed by atoms with van der Waals surface area (Å²) in [6.45, 7) is 0.782. The van der Waals surface area contributed by atoms with Crippen molar-refractivity contribution in [2.45, 2.75) is 13.0 Å². The maximum Gasteiger partial charge on any atom is 0.117 e. The highest BCUT2D eigenvalue weighted by atomic mass is 16.3. The summed E-state index contributed by atoms with van der Waals surface area (Å²) < 4.78 is 5.61. The average Bonchev–Trinajstić information content (AvgIpc) is 2.79. The topological polar surface area (TPSA) is 41.0 Å². The van der Waals surface area contributed by atoms with E-state index in [1.807, 2.05) is 31.4 Å². The van der Waals surface area contributed by atoms with E-state index in [1.165, 1.54) is 5.69 Å². The molecule has 3 heteroatoms. The Hall–Kier alpha value is -1.48. The molecule has 0 bridgehead atoms. The fourth-order valence-corrected chi connectivity index (χ4v) is 1.45. The van der Waals surface area contributed by atoms with Gasteiger partial charge in [0.15, 0.2) is 0 Å². The molecule has 0 spiro atoms. The highest BCUT2D eigenvalue weighted by molar-refractivity contribution is 5.15. The van der Waals surface area contributed by atoms with Crippen LogP contribution in [-0.2, 0) is 13.0 Å². The average molecular weight is 190 g/mol. The molecule has 0 saturated heterocycles. The van der Waals surface area contributed by atoms with Crippen molar-refractivity contribution < 1.29 is 4.42 Å². The molecule has 0 aliphatic heterocycles. The maximum atomic E-state index is 5.61. The molecule has 0 saturated carbocycles. The largest absolute Gasteiger partial charge is 0.464 e. The van der Waals surface area contributed by atoms with Crippen molar-refractivity contribution in [2.75, 3.05) is 7.05 Å². The molecule has 0 aliphatic carbocycles. The number of aromatic amines is 1. The third-order valence-electron chi connectivity index (χ3n) is 2.10. The number of nitrogens with one attached hydrogen (secondary N) is 2. The van der Waals surface area contributed by atoms with Crippen LogP contribution in [0.1, 0.15) is 17.2 Å². The molecule has 74 valence electrons. The van der Waals surface area contributed by atoms with Crippen molar-refractivity contribution in [3.05, 3.63) is 47.7 Å².